The van der Waals surface area contributed by atoms with Gasteiger partial charge < -0.3 is 15.0 Å². The highest BCUT2D eigenvalue weighted by atomic mass is 16.5. The standard InChI is InChI=1S/C14H28N2O/c1-12-6-9-16(11-14(12)17-2)8-3-4-13-5-7-15-10-13/h12-15H,3-11H2,1-2H3. The second-order valence-electron chi connectivity index (χ2n) is 5.84. The van der Waals surface area contributed by atoms with E-state index in [1.807, 2.05) is 7.11 Å². The third-order valence-corrected chi connectivity index (χ3v) is 4.53. The van der Waals surface area contributed by atoms with Gasteiger partial charge in [0.05, 0.1) is 6.10 Å². The van der Waals surface area contributed by atoms with E-state index in [4.69, 9.17) is 4.74 Å². The molecule has 0 bridgehead atoms. The summed E-state index contributed by atoms with van der Waals surface area (Å²) in [6.45, 7) is 8.47. The molecule has 2 aliphatic heterocycles. The predicted molar refractivity (Wildman–Crippen MR) is 71.2 cm³/mol. The van der Waals surface area contributed by atoms with Crippen molar-refractivity contribution in [3.63, 3.8) is 0 Å². The van der Waals surface area contributed by atoms with Crippen molar-refractivity contribution in [2.75, 3.05) is 39.8 Å². The summed E-state index contributed by atoms with van der Waals surface area (Å²) in [4.78, 5) is 2.59. The quantitative estimate of drug-likeness (QED) is 0.792. The highest BCUT2D eigenvalue weighted by Gasteiger charge is 2.25. The second kappa shape index (κ2) is 6.72. The first-order chi connectivity index (χ1) is 8.29. The van der Waals surface area contributed by atoms with Crippen LogP contribution in [0.2, 0.25) is 0 Å². The Labute approximate surface area is 106 Å². The number of likely N-dealkylation sites (tertiary alicyclic amines) is 1. The molecule has 3 unspecified atom stereocenters. The molecule has 2 rings (SSSR count). The van der Waals surface area contributed by atoms with Crippen LogP contribution in [0.4, 0.5) is 0 Å². The third-order valence-electron chi connectivity index (χ3n) is 4.53. The molecule has 100 valence electrons. The molecule has 3 nitrogen and oxygen atoms in total. The molecule has 0 aromatic rings. The summed E-state index contributed by atoms with van der Waals surface area (Å²) in [5, 5.41) is 3.45. The minimum absolute atomic E-state index is 0.455. The van der Waals surface area contributed by atoms with Crippen molar-refractivity contribution in [2.45, 2.75) is 38.7 Å². The molecular weight excluding hydrogens is 212 g/mol. The molecule has 3 heteroatoms. The molecule has 0 saturated carbocycles. The Morgan fingerprint density at radius 1 is 1.35 bits per heavy atom. The molecule has 2 aliphatic rings. The van der Waals surface area contributed by atoms with Crippen LogP contribution in [0.5, 0.6) is 0 Å². The van der Waals surface area contributed by atoms with Crippen LogP contribution >= 0.6 is 0 Å². The van der Waals surface area contributed by atoms with E-state index in [9.17, 15) is 0 Å². The van der Waals surface area contributed by atoms with Crippen molar-refractivity contribution in [1.29, 1.82) is 0 Å². The largest absolute Gasteiger partial charge is 0.380 e. The van der Waals surface area contributed by atoms with Crippen LogP contribution < -0.4 is 5.32 Å². The van der Waals surface area contributed by atoms with E-state index >= 15 is 0 Å². The van der Waals surface area contributed by atoms with Crippen LogP contribution in [0.15, 0.2) is 0 Å². The van der Waals surface area contributed by atoms with E-state index in [0.717, 1.165) is 18.4 Å². The Kier molecular flexibility index (Phi) is 5.26. The fraction of sp³-hybridized carbons (Fsp3) is 1.00. The molecule has 1 N–H and O–H groups in total. The molecule has 2 fully saturated rings. The summed E-state index contributed by atoms with van der Waals surface area (Å²) in [6, 6.07) is 0. The maximum atomic E-state index is 5.56. The van der Waals surface area contributed by atoms with Gasteiger partial charge in [0.2, 0.25) is 0 Å². The zero-order valence-electron chi connectivity index (χ0n) is 11.5. The molecule has 2 heterocycles. The molecule has 0 aromatic heterocycles. The SMILES string of the molecule is COC1CN(CCCC2CCNC2)CCC1C. The maximum Gasteiger partial charge on any atom is 0.0724 e. The van der Waals surface area contributed by atoms with Crippen LogP contribution in [0.1, 0.15) is 32.6 Å². The zero-order valence-corrected chi connectivity index (χ0v) is 11.5. The Morgan fingerprint density at radius 3 is 2.94 bits per heavy atom. The fourth-order valence-electron chi connectivity index (χ4n) is 3.17. The Balaban J connectivity index is 1.62. The van der Waals surface area contributed by atoms with Crippen molar-refractivity contribution in [2.24, 2.45) is 11.8 Å². The summed E-state index contributed by atoms with van der Waals surface area (Å²) >= 11 is 0. The normalized spacial score (nSPS) is 35.3. The van der Waals surface area contributed by atoms with Crippen molar-refractivity contribution in [1.82, 2.24) is 10.2 Å². The first-order valence-electron chi connectivity index (χ1n) is 7.25. The first kappa shape index (κ1) is 13.3. The van der Waals surface area contributed by atoms with Gasteiger partial charge in [-0.3, -0.25) is 0 Å². The van der Waals surface area contributed by atoms with Gasteiger partial charge in [-0.25, -0.2) is 0 Å². The van der Waals surface area contributed by atoms with Gasteiger partial charge in [-0.05, 0) is 63.7 Å². The van der Waals surface area contributed by atoms with E-state index < -0.39 is 0 Å². The summed E-state index contributed by atoms with van der Waals surface area (Å²) in [7, 11) is 1.86. The minimum atomic E-state index is 0.455. The van der Waals surface area contributed by atoms with Gasteiger partial charge in [0, 0.05) is 13.7 Å². The molecule has 0 amide bonds. The summed E-state index contributed by atoms with van der Waals surface area (Å²) in [5.41, 5.74) is 0. The number of methoxy groups -OCH3 is 1. The lowest BCUT2D eigenvalue weighted by Gasteiger charge is -2.36. The topological polar surface area (TPSA) is 24.5 Å². The fourth-order valence-corrected chi connectivity index (χ4v) is 3.17. The van der Waals surface area contributed by atoms with Gasteiger partial charge in [-0.1, -0.05) is 6.92 Å². The molecule has 0 radical (unpaired) electrons. The molecule has 2 saturated heterocycles. The highest BCUT2D eigenvalue weighted by Crippen LogP contribution is 2.20. The lowest BCUT2D eigenvalue weighted by Crippen LogP contribution is -2.44. The van der Waals surface area contributed by atoms with Gasteiger partial charge in [0.15, 0.2) is 0 Å². The van der Waals surface area contributed by atoms with Gasteiger partial charge >= 0.3 is 0 Å². The number of nitrogens with one attached hydrogen (secondary N) is 1. The third kappa shape index (κ3) is 3.94. The number of rotatable bonds is 5. The Bertz CT molecular complexity index is 216. The van der Waals surface area contributed by atoms with Crippen molar-refractivity contribution in [3.05, 3.63) is 0 Å². The second-order valence-corrected chi connectivity index (χ2v) is 5.84. The molecule has 3 atom stereocenters. The van der Waals surface area contributed by atoms with E-state index in [2.05, 4.69) is 17.1 Å². The first-order valence-corrected chi connectivity index (χ1v) is 7.25. The molecular formula is C14H28N2O. The van der Waals surface area contributed by atoms with Crippen LogP contribution in [-0.4, -0.2) is 50.8 Å². The number of hydrogen-bond donors (Lipinski definition) is 1. The van der Waals surface area contributed by atoms with Crippen molar-refractivity contribution < 1.29 is 4.74 Å². The van der Waals surface area contributed by atoms with Gasteiger partial charge in [-0.15, -0.1) is 0 Å². The van der Waals surface area contributed by atoms with E-state index in [1.54, 1.807) is 0 Å². The smallest absolute Gasteiger partial charge is 0.0724 e. The number of hydrogen-bond acceptors (Lipinski definition) is 3. The van der Waals surface area contributed by atoms with Crippen molar-refractivity contribution >= 4 is 0 Å². The average molecular weight is 240 g/mol. The van der Waals surface area contributed by atoms with Crippen LogP contribution in [0, 0.1) is 11.8 Å². The van der Waals surface area contributed by atoms with Crippen LogP contribution in [0.3, 0.4) is 0 Å². The van der Waals surface area contributed by atoms with Crippen LogP contribution in [0.25, 0.3) is 0 Å². The van der Waals surface area contributed by atoms with Gasteiger partial charge in [-0.2, -0.15) is 0 Å². The lowest BCUT2D eigenvalue weighted by atomic mass is 9.95. The maximum absolute atomic E-state index is 5.56. The van der Waals surface area contributed by atoms with Crippen LogP contribution in [-0.2, 0) is 4.74 Å². The van der Waals surface area contributed by atoms with E-state index in [-0.39, 0.29) is 0 Å². The number of ether oxygens (including phenoxy) is 1. The number of nitrogens with zero attached hydrogens (tertiary/aromatic N) is 1. The molecule has 0 aliphatic carbocycles. The van der Waals surface area contributed by atoms with Crippen molar-refractivity contribution in [3.8, 4) is 0 Å². The monoisotopic (exact) mass is 240 g/mol. The minimum Gasteiger partial charge on any atom is -0.380 e. The summed E-state index contributed by atoms with van der Waals surface area (Å²) < 4.78 is 5.56. The summed E-state index contributed by atoms with van der Waals surface area (Å²) in [6.07, 6.45) is 5.90. The Hall–Kier alpha value is -0.120. The highest BCUT2D eigenvalue weighted by molar-refractivity contribution is 4.79. The van der Waals surface area contributed by atoms with E-state index in [0.29, 0.717) is 6.10 Å². The number of piperidine rings is 1. The lowest BCUT2D eigenvalue weighted by molar-refractivity contribution is -0.00546. The molecule has 17 heavy (non-hydrogen) atoms. The van der Waals surface area contributed by atoms with E-state index in [1.165, 1.54) is 51.9 Å². The predicted octanol–water partition coefficient (Wildman–Crippen LogP) is 1.73. The molecule has 0 spiro atoms. The van der Waals surface area contributed by atoms with Gasteiger partial charge in [0.25, 0.3) is 0 Å². The van der Waals surface area contributed by atoms with Gasteiger partial charge in [0.1, 0.15) is 0 Å². The molecule has 0 aromatic carbocycles. The Morgan fingerprint density at radius 2 is 2.24 bits per heavy atom. The summed E-state index contributed by atoms with van der Waals surface area (Å²) in [5.74, 6) is 1.67. The average Bonchev–Trinajstić information content (AvgIpc) is 2.84. The zero-order chi connectivity index (χ0) is 12.1.